The molecule has 3 unspecified atom stereocenters. The molecule has 3 rings (SSSR count). The maximum Gasteiger partial charge on any atom is 0.309 e. The molecule has 3 aliphatic carbocycles. The van der Waals surface area contributed by atoms with E-state index in [-0.39, 0.29) is 35.3 Å². The SMILES string of the molecule is CCCCCCCCOC(=O)C1CCC(C2CCC(OC(=O)C3CCC(OCCCCCCCC)C([N+](=O)[O-])C3)CC2)CC1. The van der Waals surface area contributed by atoms with Crippen LogP contribution in [0.5, 0.6) is 0 Å². The molecule has 0 heterocycles. The lowest BCUT2D eigenvalue weighted by Gasteiger charge is -2.37. The number of carbonyl (C=O) groups excluding carboxylic acids is 2. The molecule has 0 N–H and O–H groups in total. The van der Waals surface area contributed by atoms with Crippen LogP contribution in [0.3, 0.4) is 0 Å². The van der Waals surface area contributed by atoms with E-state index >= 15 is 0 Å². The monoisotopic (exact) mass is 621 g/mol. The molecule has 0 aromatic carbocycles. The summed E-state index contributed by atoms with van der Waals surface area (Å²) >= 11 is 0. The summed E-state index contributed by atoms with van der Waals surface area (Å²) in [4.78, 5) is 37.2. The van der Waals surface area contributed by atoms with Crippen molar-refractivity contribution in [2.75, 3.05) is 13.2 Å². The number of carbonyl (C=O) groups is 2. The Bertz CT molecular complexity index is 819. The fourth-order valence-electron chi connectivity index (χ4n) is 7.80. The van der Waals surface area contributed by atoms with Gasteiger partial charge in [0.1, 0.15) is 12.2 Å². The highest BCUT2D eigenvalue weighted by Crippen LogP contribution is 2.41. The van der Waals surface area contributed by atoms with Crippen LogP contribution in [-0.2, 0) is 23.8 Å². The molecule has 8 heteroatoms. The molecule has 0 bridgehead atoms. The average molecular weight is 622 g/mol. The largest absolute Gasteiger partial charge is 0.465 e. The highest BCUT2D eigenvalue weighted by molar-refractivity contribution is 5.73. The van der Waals surface area contributed by atoms with Gasteiger partial charge in [-0.2, -0.15) is 0 Å². The van der Waals surface area contributed by atoms with Crippen molar-refractivity contribution in [3.63, 3.8) is 0 Å². The second-order valence-electron chi connectivity index (χ2n) is 14.1. The molecule has 3 saturated carbocycles. The quantitative estimate of drug-likeness (QED) is 0.0578. The minimum Gasteiger partial charge on any atom is -0.465 e. The molecule has 8 nitrogen and oxygen atoms in total. The van der Waals surface area contributed by atoms with Gasteiger partial charge in [-0.05, 0) is 88.9 Å². The predicted molar refractivity (Wildman–Crippen MR) is 173 cm³/mol. The van der Waals surface area contributed by atoms with Crippen molar-refractivity contribution in [3.8, 4) is 0 Å². The number of nitrogens with zero attached hydrogens (tertiary/aromatic N) is 1. The van der Waals surface area contributed by atoms with Crippen molar-refractivity contribution in [3.05, 3.63) is 10.1 Å². The Morgan fingerprint density at radius 3 is 1.75 bits per heavy atom. The molecule has 3 atom stereocenters. The van der Waals surface area contributed by atoms with E-state index in [0.717, 1.165) is 77.0 Å². The predicted octanol–water partition coefficient (Wildman–Crippen LogP) is 8.99. The summed E-state index contributed by atoms with van der Waals surface area (Å²) in [5.41, 5.74) is 0. The van der Waals surface area contributed by atoms with E-state index in [0.29, 0.717) is 37.9 Å². The Hall–Kier alpha value is -1.70. The number of esters is 2. The van der Waals surface area contributed by atoms with Crippen LogP contribution >= 0.6 is 0 Å². The van der Waals surface area contributed by atoms with Gasteiger partial charge in [-0.15, -0.1) is 0 Å². The maximum atomic E-state index is 13.0. The Morgan fingerprint density at radius 2 is 1.16 bits per heavy atom. The molecule has 0 amide bonds. The molecule has 0 saturated heterocycles. The summed E-state index contributed by atoms with van der Waals surface area (Å²) in [6.45, 7) is 5.54. The molecule has 254 valence electrons. The summed E-state index contributed by atoms with van der Waals surface area (Å²) in [6, 6.07) is -0.833. The Labute approximate surface area is 267 Å². The highest BCUT2D eigenvalue weighted by atomic mass is 16.6. The van der Waals surface area contributed by atoms with Gasteiger partial charge in [-0.25, -0.2) is 0 Å². The van der Waals surface area contributed by atoms with Crippen molar-refractivity contribution in [1.29, 1.82) is 0 Å². The first kappa shape index (κ1) is 36.8. The van der Waals surface area contributed by atoms with Crippen molar-refractivity contribution >= 4 is 11.9 Å². The summed E-state index contributed by atoms with van der Waals surface area (Å²) in [5.74, 6) is 0.667. The molecule has 0 radical (unpaired) electrons. The lowest BCUT2D eigenvalue weighted by atomic mass is 9.70. The van der Waals surface area contributed by atoms with Gasteiger partial charge in [0.05, 0.1) is 18.4 Å². The van der Waals surface area contributed by atoms with E-state index < -0.39 is 18.1 Å². The second-order valence-corrected chi connectivity index (χ2v) is 14.1. The normalized spacial score (nSPS) is 29.2. The lowest BCUT2D eigenvalue weighted by molar-refractivity contribution is -0.540. The zero-order valence-electron chi connectivity index (χ0n) is 28.0. The van der Waals surface area contributed by atoms with Gasteiger partial charge in [0.15, 0.2) is 0 Å². The fraction of sp³-hybridized carbons (Fsp3) is 0.944. The van der Waals surface area contributed by atoms with Gasteiger partial charge in [0.25, 0.3) is 0 Å². The van der Waals surface area contributed by atoms with E-state index in [1.807, 2.05) is 0 Å². The number of hydrogen-bond donors (Lipinski definition) is 0. The Morgan fingerprint density at radius 1 is 0.636 bits per heavy atom. The molecule has 0 aliphatic heterocycles. The summed E-state index contributed by atoms with van der Waals surface area (Å²) in [6.07, 6.45) is 22.8. The first-order valence-corrected chi connectivity index (χ1v) is 18.5. The van der Waals surface area contributed by atoms with Crippen LogP contribution in [0.1, 0.15) is 162 Å². The van der Waals surface area contributed by atoms with Crippen LogP contribution in [0.4, 0.5) is 0 Å². The number of hydrogen-bond acceptors (Lipinski definition) is 7. The van der Waals surface area contributed by atoms with E-state index in [1.165, 1.54) is 51.4 Å². The number of rotatable bonds is 20. The standard InChI is InChI=1S/C36H63NO7/c1-3-5-7-9-11-13-25-42-34-24-21-31(27-33(34)37(40)41)36(39)44-32-22-19-29(20-23-32)28-15-17-30(18-16-28)35(38)43-26-14-12-10-8-6-4-2/h28-34H,3-27H2,1-2H3. The van der Waals surface area contributed by atoms with Crippen LogP contribution < -0.4 is 0 Å². The van der Waals surface area contributed by atoms with Crippen molar-refractivity contribution < 1.29 is 28.7 Å². The van der Waals surface area contributed by atoms with Crippen molar-refractivity contribution in [2.45, 2.75) is 180 Å². The van der Waals surface area contributed by atoms with E-state index in [2.05, 4.69) is 13.8 Å². The zero-order valence-corrected chi connectivity index (χ0v) is 28.0. The average Bonchev–Trinajstić information content (AvgIpc) is 3.04. The Kier molecular flexibility index (Phi) is 17.7. The first-order chi connectivity index (χ1) is 21.4. The van der Waals surface area contributed by atoms with Crippen molar-refractivity contribution in [1.82, 2.24) is 0 Å². The molecule has 0 aromatic rings. The van der Waals surface area contributed by atoms with E-state index in [1.54, 1.807) is 0 Å². The van der Waals surface area contributed by atoms with Gasteiger partial charge < -0.3 is 14.2 Å². The zero-order chi connectivity index (χ0) is 31.6. The third-order valence-electron chi connectivity index (χ3n) is 10.7. The lowest BCUT2D eigenvalue weighted by Crippen LogP contribution is -2.44. The van der Waals surface area contributed by atoms with Crippen LogP contribution in [0.15, 0.2) is 0 Å². The molecule has 0 aromatic heterocycles. The minimum absolute atomic E-state index is 0.00495. The van der Waals surface area contributed by atoms with E-state index in [4.69, 9.17) is 14.2 Å². The van der Waals surface area contributed by atoms with Crippen LogP contribution in [-0.4, -0.2) is 48.3 Å². The molecular weight excluding hydrogens is 558 g/mol. The first-order valence-electron chi connectivity index (χ1n) is 18.5. The number of ether oxygens (including phenoxy) is 3. The van der Waals surface area contributed by atoms with Gasteiger partial charge in [-0.1, -0.05) is 78.1 Å². The summed E-state index contributed by atoms with van der Waals surface area (Å²) < 4.78 is 17.5. The van der Waals surface area contributed by atoms with Gasteiger partial charge >= 0.3 is 11.9 Å². The third kappa shape index (κ3) is 13.0. The van der Waals surface area contributed by atoms with Gasteiger partial charge in [0.2, 0.25) is 6.04 Å². The minimum atomic E-state index is -0.833. The highest BCUT2D eigenvalue weighted by Gasteiger charge is 2.43. The second kappa shape index (κ2) is 21.2. The smallest absolute Gasteiger partial charge is 0.309 e. The third-order valence-corrected chi connectivity index (χ3v) is 10.7. The molecular formula is C36H63NO7. The molecule has 0 spiro atoms. The number of unbranched alkanes of at least 4 members (excludes halogenated alkanes) is 10. The molecule has 3 fully saturated rings. The van der Waals surface area contributed by atoms with Crippen LogP contribution in [0, 0.1) is 33.8 Å². The summed E-state index contributed by atoms with van der Waals surface area (Å²) in [5, 5.41) is 11.8. The van der Waals surface area contributed by atoms with Gasteiger partial charge in [-0.3, -0.25) is 19.7 Å². The van der Waals surface area contributed by atoms with Crippen LogP contribution in [0.2, 0.25) is 0 Å². The topological polar surface area (TPSA) is 105 Å². The van der Waals surface area contributed by atoms with E-state index in [9.17, 15) is 19.7 Å². The van der Waals surface area contributed by atoms with Gasteiger partial charge in [0, 0.05) is 18.0 Å². The van der Waals surface area contributed by atoms with Crippen LogP contribution in [0.25, 0.3) is 0 Å². The fourth-order valence-corrected chi connectivity index (χ4v) is 7.80. The van der Waals surface area contributed by atoms with Crippen molar-refractivity contribution in [2.24, 2.45) is 23.7 Å². The summed E-state index contributed by atoms with van der Waals surface area (Å²) in [7, 11) is 0. The number of nitro groups is 1. The molecule has 3 aliphatic rings. The Balaban J connectivity index is 1.28. The molecule has 44 heavy (non-hydrogen) atoms. The maximum absolute atomic E-state index is 13.0.